The van der Waals surface area contributed by atoms with Crippen LogP contribution in [-0.2, 0) is 0 Å². The van der Waals surface area contributed by atoms with E-state index < -0.39 is 0 Å². The third kappa shape index (κ3) is 4.02. The number of rotatable bonds is 6. The maximum atomic E-state index is 3.46. The van der Waals surface area contributed by atoms with Crippen molar-refractivity contribution in [2.45, 2.75) is 25.7 Å². The number of nitrogens with one attached hydrogen (secondary N) is 1. The Kier molecular flexibility index (Phi) is 5.04. The summed E-state index contributed by atoms with van der Waals surface area (Å²) >= 11 is 1.92. The van der Waals surface area contributed by atoms with Gasteiger partial charge in [-0.1, -0.05) is 19.3 Å². The van der Waals surface area contributed by atoms with Crippen LogP contribution < -0.4 is 5.32 Å². The zero-order valence-corrected chi connectivity index (χ0v) is 8.25. The molecule has 1 N–H and O–H groups in total. The van der Waals surface area contributed by atoms with E-state index in [4.69, 9.17) is 0 Å². The predicted octanol–water partition coefficient (Wildman–Crippen LogP) is 2.13. The molecule has 0 radical (unpaired) electrons. The van der Waals surface area contributed by atoms with Crippen molar-refractivity contribution in [3.63, 3.8) is 0 Å². The summed E-state index contributed by atoms with van der Waals surface area (Å²) in [6.45, 7) is 2.43. The first-order valence-corrected chi connectivity index (χ1v) is 6.02. The van der Waals surface area contributed by atoms with Crippen LogP contribution in [0.5, 0.6) is 0 Å². The minimum Gasteiger partial charge on any atom is -0.316 e. The van der Waals surface area contributed by atoms with Crippen LogP contribution in [0.1, 0.15) is 25.7 Å². The average molecular weight is 173 g/mol. The Labute approximate surface area is 74.3 Å². The number of thioether (sulfide) groups is 1. The van der Waals surface area contributed by atoms with E-state index in [0.717, 1.165) is 5.92 Å². The van der Waals surface area contributed by atoms with Crippen LogP contribution in [0.2, 0.25) is 0 Å². The number of hydrogen-bond donors (Lipinski definition) is 1. The molecule has 0 unspecified atom stereocenters. The molecular weight excluding hydrogens is 154 g/mol. The highest BCUT2D eigenvalue weighted by atomic mass is 32.2. The Morgan fingerprint density at radius 1 is 1.36 bits per heavy atom. The van der Waals surface area contributed by atoms with Crippen molar-refractivity contribution in [3.8, 4) is 0 Å². The highest BCUT2D eigenvalue weighted by Crippen LogP contribution is 2.28. The summed E-state index contributed by atoms with van der Waals surface area (Å²) in [7, 11) is 0. The summed E-state index contributed by atoms with van der Waals surface area (Å²) in [5.74, 6) is 2.32. The van der Waals surface area contributed by atoms with Crippen LogP contribution in [0.15, 0.2) is 0 Å². The van der Waals surface area contributed by atoms with Gasteiger partial charge in [0, 0.05) is 12.3 Å². The van der Waals surface area contributed by atoms with E-state index in [-0.39, 0.29) is 0 Å². The highest BCUT2D eigenvalue weighted by molar-refractivity contribution is 7.98. The Hall–Kier alpha value is 0.310. The molecule has 1 aliphatic carbocycles. The van der Waals surface area contributed by atoms with Gasteiger partial charge < -0.3 is 5.32 Å². The lowest BCUT2D eigenvalue weighted by Crippen LogP contribution is -2.23. The van der Waals surface area contributed by atoms with Crippen molar-refractivity contribution >= 4 is 11.8 Å². The smallest absolute Gasteiger partial charge is 0.00553 e. The number of hydrogen-bond acceptors (Lipinski definition) is 2. The zero-order valence-electron chi connectivity index (χ0n) is 7.44. The molecule has 0 heterocycles. The quantitative estimate of drug-likeness (QED) is 0.618. The molecule has 0 amide bonds. The Morgan fingerprint density at radius 3 is 2.73 bits per heavy atom. The van der Waals surface area contributed by atoms with Gasteiger partial charge >= 0.3 is 0 Å². The molecule has 0 aromatic heterocycles. The van der Waals surface area contributed by atoms with Crippen molar-refractivity contribution in [2.75, 3.05) is 25.1 Å². The van der Waals surface area contributed by atoms with Gasteiger partial charge in [0.2, 0.25) is 0 Å². The lowest BCUT2D eigenvalue weighted by Gasteiger charge is -2.25. The van der Waals surface area contributed by atoms with Crippen molar-refractivity contribution in [1.82, 2.24) is 5.32 Å². The van der Waals surface area contributed by atoms with Crippen LogP contribution in [0.25, 0.3) is 0 Å². The molecule has 11 heavy (non-hydrogen) atoms. The first kappa shape index (κ1) is 9.40. The summed E-state index contributed by atoms with van der Waals surface area (Å²) in [5, 5.41) is 3.46. The Morgan fingerprint density at radius 2 is 2.18 bits per heavy atom. The van der Waals surface area contributed by atoms with Crippen LogP contribution >= 0.6 is 11.8 Å². The molecule has 1 aliphatic rings. The standard InChI is InChI=1S/C9H19NS/c1-11-8-7-10-6-5-9-3-2-4-9/h9-10H,2-8H2,1H3. The summed E-state index contributed by atoms with van der Waals surface area (Å²) in [6.07, 6.45) is 8.03. The summed E-state index contributed by atoms with van der Waals surface area (Å²) in [5.41, 5.74) is 0. The monoisotopic (exact) mass is 173 g/mol. The van der Waals surface area contributed by atoms with E-state index in [9.17, 15) is 0 Å². The second kappa shape index (κ2) is 5.90. The van der Waals surface area contributed by atoms with Gasteiger partial charge in [0.1, 0.15) is 0 Å². The van der Waals surface area contributed by atoms with Gasteiger partial charge in [-0.2, -0.15) is 11.8 Å². The molecule has 1 rings (SSSR count). The zero-order chi connectivity index (χ0) is 7.94. The first-order chi connectivity index (χ1) is 5.43. The minimum atomic E-state index is 1.07. The van der Waals surface area contributed by atoms with E-state index in [0.29, 0.717) is 0 Å². The van der Waals surface area contributed by atoms with E-state index in [1.807, 2.05) is 11.8 Å². The van der Waals surface area contributed by atoms with E-state index >= 15 is 0 Å². The van der Waals surface area contributed by atoms with Crippen molar-refractivity contribution in [3.05, 3.63) is 0 Å². The van der Waals surface area contributed by atoms with Crippen molar-refractivity contribution in [2.24, 2.45) is 5.92 Å². The SMILES string of the molecule is CSCCNCCC1CCC1. The van der Waals surface area contributed by atoms with E-state index in [1.165, 1.54) is 44.5 Å². The van der Waals surface area contributed by atoms with Crippen LogP contribution in [-0.4, -0.2) is 25.1 Å². The molecular formula is C9H19NS. The van der Waals surface area contributed by atoms with Crippen LogP contribution in [0.3, 0.4) is 0 Å². The Balaban J connectivity index is 1.73. The second-order valence-electron chi connectivity index (χ2n) is 3.33. The fraction of sp³-hybridized carbons (Fsp3) is 1.00. The molecule has 0 aromatic carbocycles. The van der Waals surface area contributed by atoms with Gasteiger partial charge in [0.05, 0.1) is 0 Å². The fourth-order valence-corrected chi connectivity index (χ4v) is 1.74. The molecule has 0 spiro atoms. The molecule has 66 valence electrons. The molecule has 1 fully saturated rings. The predicted molar refractivity (Wildman–Crippen MR) is 53.2 cm³/mol. The normalized spacial score (nSPS) is 18.3. The van der Waals surface area contributed by atoms with Gasteiger partial charge in [-0.15, -0.1) is 0 Å². The van der Waals surface area contributed by atoms with Crippen LogP contribution in [0, 0.1) is 5.92 Å². The maximum Gasteiger partial charge on any atom is 0.00553 e. The molecule has 2 heteroatoms. The molecule has 0 saturated heterocycles. The van der Waals surface area contributed by atoms with E-state index in [1.54, 1.807) is 0 Å². The third-order valence-electron chi connectivity index (χ3n) is 2.44. The lowest BCUT2D eigenvalue weighted by atomic mass is 9.83. The first-order valence-electron chi connectivity index (χ1n) is 4.63. The highest BCUT2D eigenvalue weighted by Gasteiger charge is 2.15. The summed E-state index contributed by atoms with van der Waals surface area (Å²) < 4.78 is 0. The largest absolute Gasteiger partial charge is 0.316 e. The second-order valence-corrected chi connectivity index (χ2v) is 4.31. The molecule has 0 bridgehead atoms. The summed E-state index contributed by atoms with van der Waals surface area (Å²) in [4.78, 5) is 0. The molecule has 1 saturated carbocycles. The van der Waals surface area contributed by atoms with Gasteiger partial charge in [-0.3, -0.25) is 0 Å². The van der Waals surface area contributed by atoms with E-state index in [2.05, 4.69) is 11.6 Å². The Bertz CT molecular complexity index is 91.6. The molecule has 0 atom stereocenters. The van der Waals surface area contributed by atoms with Gasteiger partial charge in [-0.05, 0) is 25.1 Å². The lowest BCUT2D eigenvalue weighted by molar-refractivity contribution is 0.293. The fourth-order valence-electron chi connectivity index (χ4n) is 1.39. The molecule has 1 nitrogen and oxygen atoms in total. The van der Waals surface area contributed by atoms with Crippen LogP contribution in [0.4, 0.5) is 0 Å². The van der Waals surface area contributed by atoms with Crippen molar-refractivity contribution in [1.29, 1.82) is 0 Å². The van der Waals surface area contributed by atoms with Gasteiger partial charge in [-0.25, -0.2) is 0 Å². The van der Waals surface area contributed by atoms with Crippen molar-refractivity contribution < 1.29 is 0 Å². The maximum absolute atomic E-state index is 3.46. The molecule has 0 aliphatic heterocycles. The minimum absolute atomic E-state index is 1.07. The van der Waals surface area contributed by atoms with Gasteiger partial charge in [0.25, 0.3) is 0 Å². The average Bonchev–Trinajstić information content (AvgIpc) is 1.93. The topological polar surface area (TPSA) is 12.0 Å². The van der Waals surface area contributed by atoms with Gasteiger partial charge in [0.15, 0.2) is 0 Å². The summed E-state index contributed by atoms with van der Waals surface area (Å²) in [6, 6.07) is 0. The third-order valence-corrected chi connectivity index (χ3v) is 3.05. The molecule has 0 aromatic rings.